The van der Waals surface area contributed by atoms with E-state index in [9.17, 15) is 0 Å². The van der Waals surface area contributed by atoms with Gasteiger partial charge in [0, 0.05) is 27.3 Å². The van der Waals surface area contributed by atoms with Crippen LogP contribution in [-0.2, 0) is 0 Å². The van der Waals surface area contributed by atoms with E-state index in [1.807, 2.05) is 66.9 Å². The first-order valence-corrected chi connectivity index (χ1v) is 8.95. The molecule has 0 saturated heterocycles. The van der Waals surface area contributed by atoms with E-state index in [-0.39, 0.29) is 0 Å². The van der Waals surface area contributed by atoms with Crippen molar-refractivity contribution in [3.05, 3.63) is 77.4 Å². The maximum atomic E-state index is 5.25. The van der Waals surface area contributed by atoms with Crippen LogP contribution in [0.5, 0.6) is 5.75 Å². The summed E-state index contributed by atoms with van der Waals surface area (Å²) in [5, 5.41) is 4.26. The zero-order valence-corrected chi connectivity index (χ0v) is 15.7. The Morgan fingerprint density at radius 2 is 1.77 bits per heavy atom. The SMILES string of the molecule is COc1ccc(-c2cccc3cnc(Nc4cccc(Br)c4)nc23)cc1. The van der Waals surface area contributed by atoms with Crippen LogP contribution < -0.4 is 10.1 Å². The molecule has 26 heavy (non-hydrogen) atoms. The molecule has 0 aliphatic carbocycles. The fourth-order valence-electron chi connectivity index (χ4n) is 2.81. The molecule has 0 aliphatic rings. The van der Waals surface area contributed by atoms with Gasteiger partial charge in [-0.25, -0.2) is 9.97 Å². The molecular weight excluding hydrogens is 390 g/mol. The van der Waals surface area contributed by atoms with E-state index in [1.165, 1.54) is 0 Å². The third kappa shape index (κ3) is 3.39. The normalized spacial score (nSPS) is 10.7. The minimum absolute atomic E-state index is 0.566. The van der Waals surface area contributed by atoms with E-state index in [1.54, 1.807) is 7.11 Å². The molecule has 0 fully saturated rings. The van der Waals surface area contributed by atoms with Crippen LogP contribution in [0.3, 0.4) is 0 Å². The van der Waals surface area contributed by atoms with Gasteiger partial charge in [-0.1, -0.05) is 52.3 Å². The summed E-state index contributed by atoms with van der Waals surface area (Å²) in [6.07, 6.45) is 1.84. The first-order valence-electron chi connectivity index (χ1n) is 8.16. The topological polar surface area (TPSA) is 47.0 Å². The molecule has 4 nitrogen and oxygen atoms in total. The minimum atomic E-state index is 0.566. The molecule has 0 spiro atoms. The number of nitrogens with zero attached hydrogens (tertiary/aromatic N) is 2. The standard InChI is InChI=1S/C21H16BrN3O/c1-26-18-10-8-14(9-11-18)19-7-2-4-15-13-23-21(25-20(15)19)24-17-6-3-5-16(22)12-17/h2-13H,1H3,(H,23,24,25). The molecule has 4 aromatic rings. The number of rotatable bonds is 4. The maximum absolute atomic E-state index is 5.25. The molecule has 3 aromatic carbocycles. The second-order valence-corrected chi connectivity index (χ2v) is 6.72. The first-order chi connectivity index (χ1) is 12.7. The third-order valence-electron chi connectivity index (χ3n) is 4.09. The molecule has 1 N–H and O–H groups in total. The predicted molar refractivity (Wildman–Crippen MR) is 109 cm³/mol. The Hall–Kier alpha value is -2.92. The van der Waals surface area contributed by atoms with Crippen molar-refractivity contribution in [1.82, 2.24) is 9.97 Å². The highest BCUT2D eigenvalue weighted by Gasteiger charge is 2.08. The molecule has 0 radical (unpaired) electrons. The molecule has 0 amide bonds. The fraction of sp³-hybridized carbons (Fsp3) is 0.0476. The Morgan fingerprint density at radius 1 is 0.962 bits per heavy atom. The number of aromatic nitrogens is 2. The van der Waals surface area contributed by atoms with Crippen LogP contribution in [0.15, 0.2) is 77.4 Å². The van der Waals surface area contributed by atoms with Crippen molar-refractivity contribution in [2.24, 2.45) is 0 Å². The summed E-state index contributed by atoms with van der Waals surface area (Å²) in [5.41, 5.74) is 3.99. The molecule has 0 saturated carbocycles. The van der Waals surface area contributed by atoms with Crippen molar-refractivity contribution in [2.45, 2.75) is 0 Å². The van der Waals surface area contributed by atoms with Gasteiger partial charge in [0.05, 0.1) is 12.6 Å². The molecule has 0 unspecified atom stereocenters. The second kappa shape index (κ2) is 7.14. The molecule has 4 rings (SSSR count). The van der Waals surface area contributed by atoms with Crippen LogP contribution in [0.1, 0.15) is 0 Å². The van der Waals surface area contributed by atoms with Crippen molar-refractivity contribution in [3.63, 3.8) is 0 Å². The minimum Gasteiger partial charge on any atom is -0.497 e. The van der Waals surface area contributed by atoms with E-state index >= 15 is 0 Å². The smallest absolute Gasteiger partial charge is 0.227 e. The van der Waals surface area contributed by atoms with Gasteiger partial charge >= 0.3 is 0 Å². The van der Waals surface area contributed by atoms with Gasteiger partial charge in [0.25, 0.3) is 0 Å². The summed E-state index contributed by atoms with van der Waals surface area (Å²) in [6.45, 7) is 0. The Bertz CT molecular complexity index is 1060. The van der Waals surface area contributed by atoms with Crippen LogP contribution in [0.4, 0.5) is 11.6 Å². The third-order valence-corrected chi connectivity index (χ3v) is 4.59. The summed E-state index contributed by atoms with van der Waals surface area (Å²) in [5.74, 6) is 1.40. The van der Waals surface area contributed by atoms with Crippen molar-refractivity contribution in [1.29, 1.82) is 0 Å². The quantitative estimate of drug-likeness (QED) is 0.465. The van der Waals surface area contributed by atoms with E-state index in [4.69, 9.17) is 9.72 Å². The van der Waals surface area contributed by atoms with Crippen molar-refractivity contribution in [3.8, 4) is 16.9 Å². The highest BCUT2D eigenvalue weighted by atomic mass is 79.9. The first kappa shape index (κ1) is 16.5. The molecule has 0 bridgehead atoms. The van der Waals surface area contributed by atoms with Gasteiger partial charge in [-0.2, -0.15) is 0 Å². The summed E-state index contributed by atoms with van der Waals surface area (Å²) in [4.78, 5) is 9.19. The lowest BCUT2D eigenvalue weighted by Crippen LogP contribution is -1.98. The fourth-order valence-corrected chi connectivity index (χ4v) is 3.21. The zero-order chi connectivity index (χ0) is 17.9. The number of fused-ring (bicyclic) bond motifs is 1. The lowest BCUT2D eigenvalue weighted by Gasteiger charge is -2.10. The lowest BCUT2D eigenvalue weighted by molar-refractivity contribution is 0.415. The van der Waals surface area contributed by atoms with Crippen molar-refractivity contribution < 1.29 is 4.74 Å². The Balaban J connectivity index is 1.76. The number of hydrogen-bond donors (Lipinski definition) is 1. The number of hydrogen-bond acceptors (Lipinski definition) is 4. The van der Waals surface area contributed by atoms with Gasteiger partial charge in [-0.05, 0) is 35.9 Å². The average Bonchev–Trinajstić information content (AvgIpc) is 2.68. The average molecular weight is 406 g/mol. The Labute approximate surface area is 160 Å². The number of methoxy groups -OCH3 is 1. The lowest BCUT2D eigenvalue weighted by atomic mass is 10.0. The summed E-state index contributed by atoms with van der Waals surface area (Å²) in [7, 11) is 1.67. The summed E-state index contributed by atoms with van der Waals surface area (Å²) in [6, 6.07) is 22.0. The van der Waals surface area contributed by atoms with Gasteiger partial charge in [-0.15, -0.1) is 0 Å². The van der Waals surface area contributed by atoms with Gasteiger partial charge in [-0.3, -0.25) is 0 Å². The van der Waals surface area contributed by atoms with Crippen LogP contribution in [0.25, 0.3) is 22.0 Å². The number of nitrogens with one attached hydrogen (secondary N) is 1. The Kier molecular flexibility index (Phi) is 4.54. The number of para-hydroxylation sites is 1. The molecule has 5 heteroatoms. The molecule has 0 atom stereocenters. The predicted octanol–water partition coefficient (Wildman–Crippen LogP) is 5.81. The zero-order valence-electron chi connectivity index (χ0n) is 14.1. The van der Waals surface area contributed by atoms with Crippen molar-refractivity contribution in [2.75, 3.05) is 12.4 Å². The largest absolute Gasteiger partial charge is 0.497 e. The summed E-state index contributed by atoms with van der Waals surface area (Å²) >= 11 is 3.48. The van der Waals surface area contributed by atoms with Crippen LogP contribution in [0.2, 0.25) is 0 Å². The monoisotopic (exact) mass is 405 g/mol. The maximum Gasteiger partial charge on any atom is 0.227 e. The number of anilines is 2. The molecular formula is C21H16BrN3O. The van der Waals surface area contributed by atoms with E-state index in [0.29, 0.717) is 5.95 Å². The van der Waals surface area contributed by atoms with Crippen LogP contribution in [0, 0.1) is 0 Å². The summed E-state index contributed by atoms with van der Waals surface area (Å²) < 4.78 is 6.25. The van der Waals surface area contributed by atoms with Gasteiger partial charge in [0.1, 0.15) is 5.75 Å². The second-order valence-electron chi connectivity index (χ2n) is 5.80. The highest BCUT2D eigenvalue weighted by molar-refractivity contribution is 9.10. The van der Waals surface area contributed by atoms with Crippen molar-refractivity contribution >= 4 is 38.5 Å². The van der Waals surface area contributed by atoms with Gasteiger partial charge < -0.3 is 10.1 Å². The molecule has 128 valence electrons. The van der Waals surface area contributed by atoms with E-state index in [2.05, 4.69) is 32.3 Å². The van der Waals surface area contributed by atoms with Gasteiger partial charge in [0.15, 0.2) is 0 Å². The van der Waals surface area contributed by atoms with Crippen LogP contribution in [-0.4, -0.2) is 17.1 Å². The van der Waals surface area contributed by atoms with Gasteiger partial charge in [0.2, 0.25) is 5.95 Å². The molecule has 1 aromatic heterocycles. The molecule has 0 aliphatic heterocycles. The van der Waals surface area contributed by atoms with E-state index < -0.39 is 0 Å². The number of halogens is 1. The highest BCUT2D eigenvalue weighted by Crippen LogP contribution is 2.29. The number of ether oxygens (including phenoxy) is 1. The van der Waals surface area contributed by atoms with E-state index in [0.717, 1.165) is 37.9 Å². The number of benzene rings is 3. The Morgan fingerprint density at radius 3 is 2.54 bits per heavy atom. The molecule has 1 heterocycles. The van der Waals surface area contributed by atoms with Crippen LogP contribution >= 0.6 is 15.9 Å².